The maximum atomic E-state index is 13.9. The van der Waals surface area contributed by atoms with Crippen LogP contribution in [0, 0.1) is 0 Å². The summed E-state index contributed by atoms with van der Waals surface area (Å²) >= 11 is 0. The molecule has 1 heterocycles. The lowest BCUT2D eigenvalue weighted by atomic mass is 9.83. The van der Waals surface area contributed by atoms with Crippen LogP contribution in [0.2, 0.25) is 0 Å². The molecule has 0 bridgehead atoms. The average molecular weight is 538 g/mol. The smallest absolute Gasteiger partial charge is 0.252 e. The summed E-state index contributed by atoms with van der Waals surface area (Å²) in [4.78, 5) is 21.8. The third kappa shape index (κ3) is 6.58. The molecule has 9 heteroatoms. The molecule has 0 saturated carbocycles. The van der Waals surface area contributed by atoms with Gasteiger partial charge in [0.25, 0.3) is 5.91 Å². The number of rotatable bonds is 13. The number of hydrogen-bond acceptors (Lipinski definition) is 6. The third-order valence-corrected chi connectivity index (χ3v) is 6.35. The van der Waals surface area contributed by atoms with Crippen molar-refractivity contribution in [1.29, 1.82) is 0 Å². The predicted octanol–water partition coefficient (Wildman–Crippen LogP) is 6.05. The zero-order valence-electron chi connectivity index (χ0n) is 22.0. The molecule has 4 rings (SSSR count). The summed E-state index contributed by atoms with van der Waals surface area (Å²) in [7, 11) is 0. The first kappa shape index (κ1) is 28.2. The van der Waals surface area contributed by atoms with E-state index >= 15 is 0 Å². The number of azide groups is 1. The summed E-state index contributed by atoms with van der Waals surface area (Å²) in [6.45, 7) is 4.42. The number of carbonyl (C=O) groups is 1. The Kier molecular flexibility index (Phi) is 9.72. The first-order chi connectivity index (χ1) is 19.6. The lowest BCUT2D eigenvalue weighted by Crippen LogP contribution is -2.48. The maximum Gasteiger partial charge on any atom is 0.252 e. The minimum atomic E-state index is -1.40. The fraction of sp³-hybridized carbons (Fsp3) is 0.226. The molecule has 1 amide bonds. The molecule has 1 aliphatic rings. The minimum absolute atomic E-state index is 0.0517. The van der Waals surface area contributed by atoms with Crippen molar-refractivity contribution in [3.05, 3.63) is 125 Å². The second kappa shape index (κ2) is 13.8. The number of aliphatic hydroxyl groups excluding tert-OH is 1. The lowest BCUT2D eigenvalue weighted by Gasteiger charge is -2.30. The van der Waals surface area contributed by atoms with E-state index in [0.29, 0.717) is 35.6 Å². The van der Waals surface area contributed by atoms with Crippen molar-refractivity contribution < 1.29 is 19.4 Å². The lowest BCUT2D eigenvalue weighted by molar-refractivity contribution is -0.128. The quantitative estimate of drug-likeness (QED) is 0.0903. The van der Waals surface area contributed by atoms with Crippen LogP contribution in [0.3, 0.4) is 0 Å². The Morgan fingerprint density at radius 1 is 1.15 bits per heavy atom. The minimum Gasteiger partial charge on any atom is -0.494 e. The first-order valence-corrected chi connectivity index (χ1v) is 13.0. The number of hydrogen-bond donors (Lipinski definition) is 2. The van der Waals surface area contributed by atoms with Gasteiger partial charge in [0.1, 0.15) is 5.75 Å². The number of benzene rings is 3. The van der Waals surface area contributed by atoms with E-state index < -0.39 is 11.6 Å². The molecule has 0 unspecified atom stereocenters. The van der Waals surface area contributed by atoms with Crippen LogP contribution < -0.4 is 10.1 Å². The summed E-state index contributed by atoms with van der Waals surface area (Å²) in [5, 5.41) is 15.8. The molecule has 0 spiro atoms. The molecule has 0 saturated heterocycles. The van der Waals surface area contributed by atoms with E-state index in [0.717, 1.165) is 5.56 Å². The number of amides is 1. The van der Waals surface area contributed by atoms with Crippen LogP contribution in [-0.2, 0) is 9.53 Å². The van der Waals surface area contributed by atoms with Gasteiger partial charge < -0.3 is 19.9 Å². The van der Waals surface area contributed by atoms with Crippen molar-refractivity contribution in [1.82, 2.24) is 5.32 Å². The van der Waals surface area contributed by atoms with Crippen molar-refractivity contribution in [2.45, 2.75) is 24.5 Å². The molecule has 0 aliphatic carbocycles. The summed E-state index contributed by atoms with van der Waals surface area (Å²) in [6.07, 6.45) is 5.30. The molecular formula is C31H31N5O4. The maximum absolute atomic E-state index is 13.9. The van der Waals surface area contributed by atoms with E-state index in [-0.39, 0.29) is 31.4 Å². The van der Waals surface area contributed by atoms with Crippen LogP contribution in [0.25, 0.3) is 16.5 Å². The summed E-state index contributed by atoms with van der Waals surface area (Å²) in [5.41, 5.74) is 10.3. The highest BCUT2D eigenvalue weighted by Gasteiger charge is 2.53. The van der Waals surface area contributed by atoms with Crippen molar-refractivity contribution in [3.8, 4) is 5.75 Å². The molecule has 9 nitrogen and oxygen atoms in total. The van der Waals surface area contributed by atoms with E-state index in [1.54, 1.807) is 54.6 Å². The van der Waals surface area contributed by atoms with Crippen molar-refractivity contribution in [2.75, 3.05) is 19.8 Å². The Morgan fingerprint density at radius 2 is 1.90 bits per heavy atom. The number of nitrogens with zero attached hydrogens (tertiary/aromatic N) is 4. The zero-order chi connectivity index (χ0) is 28.2. The Labute approximate surface area is 233 Å². The Balaban J connectivity index is 1.78. The normalized spacial score (nSPS) is 17.9. The van der Waals surface area contributed by atoms with E-state index in [4.69, 9.17) is 19.6 Å². The monoisotopic (exact) mass is 537 g/mol. The molecule has 0 fully saturated rings. The van der Waals surface area contributed by atoms with Gasteiger partial charge in [-0.05, 0) is 35.4 Å². The Bertz CT molecular complexity index is 1420. The summed E-state index contributed by atoms with van der Waals surface area (Å²) in [6, 6.07) is 24.0. The molecular weight excluding hydrogens is 506 g/mol. The van der Waals surface area contributed by atoms with E-state index in [2.05, 4.69) is 21.9 Å². The number of carbonyl (C=O) groups excluding carboxylic acids is 1. The Morgan fingerprint density at radius 3 is 2.62 bits per heavy atom. The van der Waals surface area contributed by atoms with Gasteiger partial charge in [-0.2, -0.15) is 0 Å². The predicted molar refractivity (Wildman–Crippen MR) is 155 cm³/mol. The van der Waals surface area contributed by atoms with Gasteiger partial charge in [0, 0.05) is 47.7 Å². The van der Waals surface area contributed by atoms with Crippen LogP contribution in [0.15, 0.2) is 108 Å². The van der Waals surface area contributed by atoms with Gasteiger partial charge in [-0.3, -0.25) is 4.79 Å². The highest BCUT2D eigenvalue weighted by atomic mass is 16.5. The molecule has 3 aromatic rings. The Hall–Kier alpha value is -4.85. The molecule has 2 N–H and O–H groups in total. The molecule has 0 aromatic heterocycles. The third-order valence-electron chi connectivity index (χ3n) is 6.35. The van der Waals surface area contributed by atoms with Gasteiger partial charge >= 0.3 is 0 Å². The molecule has 1 aliphatic heterocycles. The molecule has 40 heavy (non-hydrogen) atoms. The van der Waals surface area contributed by atoms with Crippen LogP contribution in [0.4, 0.5) is 5.69 Å². The van der Waals surface area contributed by atoms with Gasteiger partial charge in [-0.25, -0.2) is 4.99 Å². The molecule has 2 atom stereocenters. The first-order valence-electron chi connectivity index (χ1n) is 13.0. The van der Waals surface area contributed by atoms with Gasteiger partial charge in [-0.1, -0.05) is 77.9 Å². The average Bonchev–Trinajstić information content (AvgIpc) is 3.38. The van der Waals surface area contributed by atoms with Gasteiger partial charge in [0.2, 0.25) is 5.90 Å². The van der Waals surface area contributed by atoms with Gasteiger partial charge in [-0.15, -0.1) is 6.58 Å². The second-order valence-electron chi connectivity index (χ2n) is 9.05. The fourth-order valence-electron chi connectivity index (χ4n) is 4.40. The molecule has 0 radical (unpaired) electrons. The number of aliphatic hydroxyl groups is 1. The standard InChI is InChI=1S/C31H31N5O4/c1-2-20-33-30(38)31(19-8-12-23-10-4-3-5-11-23)28(26-13-6-7-14-27(26)35-36-32)40-29(34-31)24-15-17-25(18-16-24)39-22-9-21-37/h2-8,10-18,28,37H,1,9,19-22H2,(H,33,38)/b12-8+/t28-,31-/m1/s1. The van der Waals surface area contributed by atoms with E-state index in [9.17, 15) is 10.3 Å². The van der Waals surface area contributed by atoms with Crippen molar-refractivity contribution in [3.63, 3.8) is 0 Å². The van der Waals surface area contributed by atoms with Gasteiger partial charge in [0.15, 0.2) is 11.6 Å². The van der Waals surface area contributed by atoms with Crippen molar-refractivity contribution >= 4 is 23.6 Å². The number of ether oxygens (including phenoxy) is 2. The van der Waals surface area contributed by atoms with Crippen LogP contribution in [-0.4, -0.2) is 42.2 Å². The largest absolute Gasteiger partial charge is 0.494 e. The topological polar surface area (TPSA) is 129 Å². The molecule has 204 valence electrons. The number of aliphatic imine (C=N–C) groups is 1. The zero-order valence-corrected chi connectivity index (χ0v) is 22.0. The van der Waals surface area contributed by atoms with Crippen LogP contribution >= 0.6 is 0 Å². The SMILES string of the molecule is C=CCNC(=O)[C@]1(C/C=C/c2ccccc2)N=C(c2ccc(OCCCO)cc2)O[C@@H]1c1ccccc1N=[N+]=[N-]. The van der Waals surface area contributed by atoms with Gasteiger partial charge in [0.05, 0.1) is 6.61 Å². The highest BCUT2D eigenvalue weighted by Crippen LogP contribution is 2.45. The second-order valence-corrected chi connectivity index (χ2v) is 9.05. The highest BCUT2D eigenvalue weighted by molar-refractivity contribution is 6.01. The summed E-state index contributed by atoms with van der Waals surface area (Å²) in [5.74, 6) is 0.580. The number of nitrogens with one attached hydrogen (secondary N) is 1. The van der Waals surface area contributed by atoms with E-state index in [1.165, 1.54) is 0 Å². The van der Waals surface area contributed by atoms with E-state index in [1.807, 2.05) is 42.5 Å². The van der Waals surface area contributed by atoms with Crippen molar-refractivity contribution in [2.24, 2.45) is 10.1 Å². The van der Waals surface area contributed by atoms with Crippen LogP contribution in [0.1, 0.15) is 35.6 Å². The molecule has 3 aromatic carbocycles. The van der Waals surface area contributed by atoms with Crippen LogP contribution in [0.5, 0.6) is 5.75 Å². The fourth-order valence-corrected chi connectivity index (χ4v) is 4.40. The summed E-state index contributed by atoms with van der Waals surface area (Å²) < 4.78 is 12.1.